The predicted octanol–water partition coefficient (Wildman–Crippen LogP) is 2.03. The summed E-state index contributed by atoms with van der Waals surface area (Å²) in [4.78, 5) is 80.6. The van der Waals surface area contributed by atoms with Crippen molar-refractivity contribution in [2.45, 2.75) is 122 Å². The van der Waals surface area contributed by atoms with Crippen LogP contribution in [0.1, 0.15) is 116 Å². The Hall–Kier alpha value is -3.87. The molecule has 0 fully saturated rings. The lowest BCUT2D eigenvalue weighted by Crippen LogP contribution is -2.41. The number of carbonyl (C=O) groups excluding carboxylic acids is 5. The van der Waals surface area contributed by atoms with Crippen molar-refractivity contribution in [3.05, 3.63) is 6.92 Å². The van der Waals surface area contributed by atoms with Gasteiger partial charge in [-0.05, 0) is 19.3 Å². The van der Waals surface area contributed by atoms with Crippen molar-refractivity contribution in [1.29, 1.82) is 0 Å². The molecule has 0 aliphatic heterocycles. The number of ether oxygens (including phenoxy) is 4. The van der Waals surface area contributed by atoms with Crippen LogP contribution in [0.4, 0.5) is 0 Å². The third-order valence-corrected chi connectivity index (χ3v) is 8.45. The van der Waals surface area contributed by atoms with Crippen LogP contribution in [0.15, 0.2) is 0 Å². The van der Waals surface area contributed by atoms with Gasteiger partial charge in [-0.15, -0.1) is 0 Å². The lowest BCUT2D eigenvalue weighted by atomic mass is 10.0. The van der Waals surface area contributed by atoms with E-state index < -0.39 is 23.9 Å². The van der Waals surface area contributed by atoms with Crippen LogP contribution in [0.3, 0.4) is 0 Å². The molecule has 0 saturated carbocycles. The molecule has 0 bridgehead atoms. The van der Waals surface area contributed by atoms with Crippen LogP contribution >= 0.6 is 0 Å². The first-order valence-electron chi connectivity index (χ1n) is 20.5. The zero-order valence-corrected chi connectivity index (χ0v) is 33.9. The van der Waals surface area contributed by atoms with Crippen LogP contribution in [-0.2, 0) is 52.5 Å². The average Bonchev–Trinajstić information content (AvgIpc) is 3.16. The second kappa shape index (κ2) is 39.0. The molecule has 329 valence electrons. The molecule has 0 saturated heterocycles. The fraction of sp³-hybridized carbons (Fsp3) is 0.795. The summed E-state index contributed by atoms with van der Waals surface area (Å²) in [7, 11) is 0. The molecule has 0 aromatic carbocycles. The van der Waals surface area contributed by atoms with Crippen molar-refractivity contribution in [2.24, 2.45) is 0 Å². The Kier molecular flexibility index (Phi) is 36.3. The first-order valence-corrected chi connectivity index (χ1v) is 20.5. The monoisotopic (exact) mass is 816 g/mol. The van der Waals surface area contributed by atoms with Gasteiger partial charge in [-0.25, -0.2) is 4.79 Å². The van der Waals surface area contributed by atoms with Crippen molar-refractivity contribution in [3.8, 4) is 0 Å². The number of rotatable bonds is 41. The highest BCUT2D eigenvalue weighted by molar-refractivity contribution is 5.84. The van der Waals surface area contributed by atoms with E-state index in [0.717, 1.165) is 38.5 Å². The third kappa shape index (κ3) is 40.1. The largest absolute Gasteiger partial charge is 0.481 e. The van der Waals surface area contributed by atoms with Gasteiger partial charge in [0, 0.05) is 52.4 Å². The smallest absolute Gasteiger partial charge is 0.326 e. The second-order valence-electron chi connectivity index (χ2n) is 13.6. The molecule has 18 nitrogen and oxygen atoms in total. The van der Waals surface area contributed by atoms with Gasteiger partial charge < -0.3 is 55.7 Å². The summed E-state index contributed by atoms with van der Waals surface area (Å²) in [6.07, 6.45) is 15.5. The molecular formula is C39H70N5O13. The molecule has 0 rings (SSSR count). The van der Waals surface area contributed by atoms with E-state index in [2.05, 4.69) is 33.5 Å². The summed E-state index contributed by atoms with van der Waals surface area (Å²) in [5, 5.41) is 31.0. The number of nitrogens with one attached hydrogen (secondary N) is 5. The standard InChI is InChI=1S/C39H70N5O13/c1-32(45)40-20-21-41-36(48)30-56-28-27-55-25-23-43-37(49)31-57-29-26-54-24-22-42-34(46)19-18-33(39(52)53)44-35(47)16-14-12-10-8-6-4-2-3-5-7-9-11-13-15-17-38(50)51/h33H,1-31H2,(H,40,45)(H,41,48)(H,42,46)(H,43,49)(H,44,47)(H,50,51)(H,52,53)/t33-/m0/s1. The SMILES string of the molecule is [CH2]C(=O)NCCNC(=O)COCCOCCNC(=O)COCCOCCNC(=O)CC[C@H](NC(=O)CCCCCCCCCCCCCCCCC(=O)O)C(=O)O. The van der Waals surface area contributed by atoms with Gasteiger partial charge in [-0.1, -0.05) is 77.0 Å². The molecule has 0 aromatic rings. The zero-order chi connectivity index (χ0) is 42.2. The normalized spacial score (nSPS) is 11.4. The Labute approximate surface area is 338 Å². The van der Waals surface area contributed by atoms with Crippen molar-refractivity contribution < 1.29 is 62.7 Å². The van der Waals surface area contributed by atoms with Gasteiger partial charge in [-0.3, -0.25) is 28.8 Å². The van der Waals surface area contributed by atoms with E-state index in [9.17, 15) is 38.7 Å². The molecule has 1 atom stereocenters. The number of hydrogen-bond donors (Lipinski definition) is 7. The number of unbranched alkanes of at least 4 members (excludes halogenated alkanes) is 13. The maximum Gasteiger partial charge on any atom is 0.326 e. The van der Waals surface area contributed by atoms with E-state index in [1.54, 1.807) is 0 Å². The molecule has 5 amide bonds. The highest BCUT2D eigenvalue weighted by atomic mass is 16.5. The Morgan fingerprint density at radius 1 is 0.439 bits per heavy atom. The third-order valence-electron chi connectivity index (χ3n) is 8.45. The van der Waals surface area contributed by atoms with Crippen molar-refractivity contribution in [2.75, 3.05) is 79.0 Å². The summed E-state index contributed by atoms with van der Waals surface area (Å²) in [5.41, 5.74) is 0. The number of carboxylic acid groups (broad SMARTS) is 2. The van der Waals surface area contributed by atoms with E-state index in [1.165, 1.54) is 44.9 Å². The number of hydrogen-bond acceptors (Lipinski definition) is 11. The highest BCUT2D eigenvalue weighted by Crippen LogP contribution is 2.14. The molecular weight excluding hydrogens is 746 g/mol. The lowest BCUT2D eigenvalue weighted by Gasteiger charge is -2.14. The minimum atomic E-state index is -1.19. The number of aliphatic carboxylic acids is 2. The van der Waals surface area contributed by atoms with E-state index >= 15 is 0 Å². The van der Waals surface area contributed by atoms with Crippen molar-refractivity contribution in [1.82, 2.24) is 26.6 Å². The molecule has 0 spiro atoms. The minimum absolute atomic E-state index is 0.0282. The quantitative estimate of drug-likeness (QED) is 0.0437. The summed E-state index contributed by atoms with van der Waals surface area (Å²) in [6, 6.07) is -1.14. The molecule has 57 heavy (non-hydrogen) atoms. The van der Waals surface area contributed by atoms with Gasteiger partial charge in [0.1, 0.15) is 19.3 Å². The maximum absolute atomic E-state index is 12.3. The first-order chi connectivity index (χ1) is 27.5. The lowest BCUT2D eigenvalue weighted by molar-refractivity contribution is -0.142. The van der Waals surface area contributed by atoms with Gasteiger partial charge in [0.2, 0.25) is 29.5 Å². The van der Waals surface area contributed by atoms with E-state index in [4.69, 9.17) is 24.1 Å². The highest BCUT2D eigenvalue weighted by Gasteiger charge is 2.20. The first kappa shape index (κ1) is 53.1. The summed E-state index contributed by atoms with van der Waals surface area (Å²) in [6.45, 7) is 5.12. The Balaban J connectivity index is 3.65. The number of carbonyl (C=O) groups is 7. The van der Waals surface area contributed by atoms with Gasteiger partial charge in [0.15, 0.2) is 0 Å². The van der Waals surface area contributed by atoms with Crippen molar-refractivity contribution >= 4 is 41.5 Å². The van der Waals surface area contributed by atoms with Gasteiger partial charge in [0.25, 0.3) is 0 Å². The van der Waals surface area contributed by atoms with Crippen LogP contribution in [0, 0.1) is 6.92 Å². The molecule has 1 radical (unpaired) electrons. The van der Waals surface area contributed by atoms with Crippen LogP contribution in [0.5, 0.6) is 0 Å². The van der Waals surface area contributed by atoms with Crippen molar-refractivity contribution in [3.63, 3.8) is 0 Å². The average molecular weight is 817 g/mol. The Morgan fingerprint density at radius 3 is 1.30 bits per heavy atom. The molecule has 0 aliphatic carbocycles. The predicted molar refractivity (Wildman–Crippen MR) is 211 cm³/mol. The van der Waals surface area contributed by atoms with Gasteiger partial charge in [0.05, 0.1) is 39.6 Å². The van der Waals surface area contributed by atoms with E-state index in [-0.39, 0.29) is 128 Å². The van der Waals surface area contributed by atoms with Crippen LogP contribution < -0.4 is 26.6 Å². The fourth-order valence-corrected chi connectivity index (χ4v) is 5.37. The summed E-state index contributed by atoms with van der Waals surface area (Å²) in [5.74, 6) is -3.66. The molecule has 7 N–H and O–H groups in total. The second-order valence-corrected chi connectivity index (χ2v) is 13.6. The number of carboxylic acids is 2. The van der Waals surface area contributed by atoms with Gasteiger partial charge >= 0.3 is 11.9 Å². The van der Waals surface area contributed by atoms with Gasteiger partial charge in [-0.2, -0.15) is 0 Å². The van der Waals surface area contributed by atoms with E-state index in [1.807, 2.05) is 0 Å². The van der Waals surface area contributed by atoms with Crippen LogP contribution in [-0.4, -0.2) is 137 Å². The molecule has 0 unspecified atom stereocenters. The summed E-state index contributed by atoms with van der Waals surface area (Å²) >= 11 is 0. The molecule has 0 aromatic heterocycles. The van der Waals surface area contributed by atoms with Crippen LogP contribution in [0.25, 0.3) is 0 Å². The Morgan fingerprint density at radius 2 is 0.842 bits per heavy atom. The zero-order valence-electron chi connectivity index (χ0n) is 33.9. The molecule has 18 heteroatoms. The topological polar surface area (TPSA) is 257 Å². The Bertz CT molecular complexity index is 1110. The summed E-state index contributed by atoms with van der Waals surface area (Å²) < 4.78 is 21.1. The maximum atomic E-state index is 12.3. The molecule has 0 heterocycles. The number of amides is 5. The van der Waals surface area contributed by atoms with E-state index in [0.29, 0.717) is 6.42 Å². The molecule has 0 aliphatic rings. The fourth-order valence-electron chi connectivity index (χ4n) is 5.37. The minimum Gasteiger partial charge on any atom is -0.481 e. The van der Waals surface area contributed by atoms with Crippen LogP contribution in [0.2, 0.25) is 0 Å².